The van der Waals surface area contributed by atoms with Crippen molar-refractivity contribution in [3.63, 3.8) is 0 Å². The average Bonchev–Trinajstić information content (AvgIpc) is 2.65. The van der Waals surface area contributed by atoms with Crippen LogP contribution in [0, 0.1) is 0 Å². The Morgan fingerprint density at radius 2 is 2.00 bits per heavy atom. The number of ether oxygens (including phenoxy) is 1. The van der Waals surface area contributed by atoms with Crippen molar-refractivity contribution < 1.29 is 9.53 Å². The molecule has 1 aromatic rings. The first kappa shape index (κ1) is 9.84. The van der Waals surface area contributed by atoms with Crippen LogP contribution in [0.25, 0.3) is 0 Å². The summed E-state index contributed by atoms with van der Waals surface area (Å²) in [4.78, 5) is 11.2. The van der Waals surface area contributed by atoms with Crippen LogP contribution < -0.4 is 0 Å². The fourth-order valence-electron chi connectivity index (χ4n) is 1.04. The summed E-state index contributed by atoms with van der Waals surface area (Å²) in [5.74, 6) is 0. The molecule has 0 radical (unpaired) electrons. The Morgan fingerprint density at radius 3 is 2.62 bits per heavy atom. The van der Waals surface area contributed by atoms with Gasteiger partial charge in [-0.3, -0.25) is 4.57 Å². The standard InChI is InChI=1S/C10H15NO2/c1-2-3-6-9-13-10(12)11-7-4-5-8-11/h4-5,7-8H,2-3,6,9H2,1H3. The minimum absolute atomic E-state index is 0.291. The Balaban J connectivity index is 2.19. The lowest BCUT2D eigenvalue weighted by Gasteiger charge is -2.03. The van der Waals surface area contributed by atoms with Crippen molar-refractivity contribution in [2.45, 2.75) is 26.2 Å². The zero-order valence-electron chi connectivity index (χ0n) is 7.90. The number of carbonyl (C=O) groups excluding carboxylic acids is 1. The Morgan fingerprint density at radius 1 is 1.31 bits per heavy atom. The van der Waals surface area contributed by atoms with Gasteiger partial charge in [-0.15, -0.1) is 0 Å². The molecule has 0 saturated heterocycles. The molecule has 0 saturated carbocycles. The van der Waals surface area contributed by atoms with E-state index in [1.807, 2.05) is 0 Å². The van der Waals surface area contributed by atoms with Crippen LogP contribution in [0.15, 0.2) is 24.5 Å². The fraction of sp³-hybridized carbons (Fsp3) is 0.500. The lowest BCUT2D eigenvalue weighted by Crippen LogP contribution is -2.12. The van der Waals surface area contributed by atoms with Crippen LogP contribution in [0.3, 0.4) is 0 Å². The number of hydrogen-bond acceptors (Lipinski definition) is 2. The monoisotopic (exact) mass is 181 g/mol. The van der Waals surface area contributed by atoms with Crippen LogP contribution in [-0.4, -0.2) is 17.3 Å². The molecule has 0 atom stereocenters. The van der Waals surface area contributed by atoms with E-state index < -0.39 is 0 Å². The third-order valence-electron chi connectivity index (χ3n) is 1.79. The lowest BCUT2D eigenvalue weighted by molar-refractivity contribution is 0.145. The van der Waals surface area contributed by atoms with E-state index in [0.29, 0.717) is 6.61 Å². The number of carbonyl (C=O) groups is 1. The smallest absolute Gasteiger partial charge is 0.417 e. The molecule has 0 aliphatic heterocycles. The highest BCUT2D eigenvalue weighted by Crippen LogP contribution is 1.97. The summed E-state index contributed by atoms with van der Waals surface area (Å²) in [7, 11) is 0. The van der Waals surface area contributed by atoms with E-state index in [9.17, 15) is 4.79 Å². The molecule has 13 heavy (non-hydrogen) atoms. The Labute approximate surface area is 78.3 Å². The van der Waals surface area contributed by atoms with E-state index >= 15 is 0 Å². The first-order valence-electron chi connectivity index (χ1n) is 4.64. The second kappa shape index (κ2) is 5.41. The predicted molar refractivity (Wildman–Crippen MR) is 50.7 cm³/mol. The summed E-state index contributed by atoms with van der Waals surface area (Å²) in [6, 6.07) is 3.60. The molecule has 0 N–H and O–H groups in total. The molecule has 0 aliphatic rings. The SMILES string of the molecule is CCCCCOC(=O)n1cccc1. The maximum absolute atomic E-state index is 11.2. The van der Waals surface area contributed by atoms with Gasteiger partial charge in [0.1, 0.15) is 0 Å². The van der Waals surface area contributed by atoms with Crippen molar-refractivity contribution in [1.82, 2.24) is 4.57 Å². The molecular weight excluding hydrogens is 166 g/mol. The summed E-state index contributed by atoms with van der Waals surface area (Å²) < 4.78 is 6.45. The van der Waals surface area contributed by atoms with Crippen LogP contribution >= 0.6 is 0 Å². The van der Waals surface area contributed by atoms with E-state index in [-0.39, 0.29) is 6.09 Å². The number of nitrogens with zero attached hydrogens (tertiary/aromatic N) is 1. The maximum Gasteiger partial charge on any atom is 0.417 e. The highest BCUT2D eigenvalue weighted by molar-refractivity contribution is 5.70. The van der Waals surface area contributed by atoms with Crippen LogP contribution in [-0.2, 0) is 4.74 Å². The third-order valence-corrected chi connectivity index (χ3v) is 1.79. The van der Waals surface area contributed by atoms with Crippen LogP contribution in [0.5, 0.6) is 0 Å². The minimum Gasteiger partial charge on any atom is -0.449 e. The molecule has 0 unspecified atom stereocenters. The molecule has 1 aromatic heterocycles. The second-order valence-corrected chi connectivity index (χ2v) is 2.91. The van der Waals surface area contributed by atoms with Gasteiger partial charge in [-0.2, -0.15) is 0 Å². The van der Waals surface area contributed by atoms with Crippen molar-refractivity contribution in [2.24, 2.45) is 0 Å². The van der Waals surface area contributed by atoms with Crippen molar-refractivity contribution in [3.05, 3.63) is 24.5 Å². The molecule has 0 fully saturated rings. The molecule has 0 aromatic carbocycles. The quantitative estimate of drug-likeness (QED) is 0.669. The number of rotatable bonds is 4. The van der Waals surface area contributed by atoms with Gasteiger partial charge in [0.25, 0.3) is 0 Å². The third kappa shape index (κ3) is 3.32. The van der Waals surface area contributed by atoms with E-state index in [2.05, 4.69) is 6.92 Å². The molecule has 0 aliphatic carbocycles. The van der Waals surface area contributed by atoms with Crippen LogP contribution in [0.1, 0.15) is 26.2 Å². The van der Waals surface area contributed by atoms with Gasteiger partial charge in [0.2, 0.25) is 0 Å². The lowest BCUT2D eigenvalue weighted by atomic mass is 10.3. The Kier molecular flexibility index (Phi) is 4.09. The number of unbranched alkanes of at least 4 members (excludes halogenated alkanes) is 2. The molecule has 1 rings (SSSR count). The number of aromatic nitrogens is 1. The van der Waals surface area contributed by atoms with Gasteiger partial charge in [-0.1, -0.05) is 19.8 Å². The van der Waals surface area contributed by atoms with Crippen molar-refractivity contribution in [1.29, 1.82) is 0 Å². The number of hydrogen-bond donors (Lipinski definition) is 0. The summed E-state index contributed by atoms with van der Waals surface area (Å²) in [5.41, 5.74) is 0. The molecule has 3 nitrogen and oxygen atoms in total. The highest BCUT2D eigenvalue weighted by atomic mass is 16.5. The molecule has 0 amide bonds. The predicted octanol–water partition coefficient (Wildman–Crippen LogP) is 2.66. The average molecular weight is 181 g/mol. The summed E-state index contributed by atoms with van der Waals surface area (Å²) in [5, 5.41) is 0. The summed E-state index contributed by atoms with van der Waals surface area (Å²) in [6.45, 7) is 2.64. The van der Waals surface area contributed by atoms with Crippen molar-refractivity contribution in [3.8, 4) is 0 Å². The molecule has 0 bridgehead atoms. The molecule has 0 spiro atoms. The molecule has 72 valence electrons. The topological polar surface area (TPSA) is 31.2 Å². The van der Waals surface area contributed by atoms with Gasteiger partial charge in [-0.25, -0.2) is 4.79 Å². The molecule has 1 heterocycles. The normalized spacial score (nSPS) is 9.92. The fourth-order valence-corrected chi connectivity index (χ4v) is 1.04. The maximum atomic E-state index is 11.2. The van der Waals surface area contributed by atoms with E-state index in [0.717, 1.165) is 19.3 Å². The first-order valence-corrected chi connectivity index (χ1v) is 4.64. The second-order valence-electron chi connectivity index (χ2n) is 2.91. The van der Waals surface area contributed by atoms with E-state index in [1.54, 1.807) is 24.5 Å². The zero-order valence-corrected chi connectivity index (χ0v) is 7.90. The summed E-state index contributed by atoms with van der Waals surface area (Å²) in [6.07, 6.45) is 6.27. The van der Waals surface area contributed by atoms with Gasteiger partial charge in [0, 0.05) is 12.4 Å². The molecule has 3 heteroatoms. The van der Waals surface area contributed by atoms with Gasteiger partial charge in [0.15, 0.2) is 0 Å². The highest BCUT2D eigenvalue weighted by Gasteiger charge is 2.02. The molecular formula is C10H15NO2. The Bertz CT molecular complexity index is 241. The van der Waals surface area contributed by atoms with Gasteiger partial charge in [-0.05, 0) is 18.6 Å². The zero-order chi connectivity index (χ0) is 9.52. The van der Waals surface area contributed by atoms with Crippen LogP contribution in [0.4, 0.5) is 4.79 Å². The van der Waals surface area contributed by atoms with Gasteiger partial charge >= 0.3 is 6.09 Å². The van der Waals surface area contributed by atoms with Gasteiger partial charge in [0.05, 0.1) is 6.61 Å². The first-order chi connectivity index (χ1) is 6.34. The van der Waals surface area contributed by atoms with Crippen LogP contribution in [0.2, 0.25) is 0 Å². The van der Waals surface area contributed by atoms with Crippen molar-refractivity contribution in [2.75, 3.05) is 6.61 Å². The Hall–Kier alpha value is -1.25. The minimum atomic E-state index is -0.291. The van der Waals surface area contributed by atoms with Crippen molar-refractivity contribution >= 4 is 6.09 Å². The largest absolute Gasteiger partial charge is 0.449 e. The van der Waals surface area contributed by atoms with Gasteiger partial charge < -0.3 is 4.74 Å². The van der Waals surface area contributed by atoms with E-state index in [1.165, 1.54) is 4.57 Å². The summed E-state index contributed by atoms with van der Waals surface area (Å²) >= 11 is 0. The van der Waals surface area contributed by atoms with E-state index in [4.69, 9.17) is 4.74 Å².